The molecule has 14 nitrogen and oxygen atoms in total. The first-order valence-electron chi connectivity index (χ1n) is 33.8. The lowest BCUT2D eigenvalue weighted by Crippen LogP contribution is -3.00. The van der Waals surface area contributed by atoms with Gasteiger partial charge in [-0.1, -0.05) is 100 Å². The van der Waals surface area contributed by atoms with E-state index in [9.17, 15) is 14.4 Å². The number of nitrogens with zero attached hydrogens (tertiary/aromatic N) is 5. The highest BCUT2D eigenvalue weighted by atomic mass is 127. The van der Waals surface area contributed by atoms with Crippen LogP contribution < -0.4 is 104 Å². The average Bonchev–Trinajstić information content (AvgIpc) is 1.62. The van der Waals surface area contributed by atoms with Crippen LogP contribution in [-0.2, 0) is 0 Å². The summed E-state index contributed by atoms with van der Waals surface area (Å²) in [5.74, 6) is 0.694. The number of H-pyrrole nitrogens is 2. The number of halogens is 3. The van der Waals surface area contributed by atoms with Crippen LogP contribution in [0.25, 0.3) is 90.9 Å². The van der Waals surface area contributed by atoms with Crippen LogP contribution in [0.2, 0.25) is 0 Å². The van der Waals surface area contributed by atoms with E-state index in [0.717, 1.165) is 102 Å². The summed E-state index contributed by atoms with van der Waals surface area (Å²) in [6.45, 7) is 2.89. The van der Waals surface area contributed by atoms with Gasteiger partial charge in [-0.3, -0.25) is 13.4 Å². The predicted molar refractivity (Wildman–Crippen MR) is 402 cm³/mol. The fraction of sp³-hybridized carbons (Fsp3) is 0.226. The molecular weight excluding hydrogens is 1600 g/mol. The molecule has 0 radical (unpaired) electrons. The van der Waals surface area contributed by atoms with Crippen LogP contribution in [0.3, 0.4) is 0 Å². The Morgan fingerprint density at radius 3 is 0.832 bits per heavy atom. The van der Waals surface area contributed by atoms with E-state index in [2.05, 4.69) is 105 Å². The molecular formula is C84H86I3N7O7. The van der Waals surface area contributed by atoms with Crippen molar-refractivity contribution in [1.82, 2.24) is 33.4 Å². The monoisotopic (exact) mass is 1690 g/mol. The van der Waals surface area contributed by atoms with Gasteiger partial charge in [0.15, 0.2) is 0 Å². The second-order valence-corrected chi connectivity index (χ2v) is 27.8. The third-order valence-electron chi connectivity index (χ3n) is 17.9. The Labute approximate surface area is 644 Å². The zero-order valence-corrected chi connectivity index (χ0v) is 65.3. The van der Waals surface area contributed by atoms with Crippen LogP contribution >= 0.6 is 0 Å². The van der Waals surface area contributed by atoms with Crippen LogP contribution in [0.4, 0.5) is 17.1 Å². The maximum absolute atomic E-state index is 13.8. The number of aromatic nitrogens is 4. The lowest BCUT2D eigenvalue weighted by molar-refractivity contribution is -0.001000. The van der Waals surface area contributed by atoms with Crippen molar-refractivity contribution in [3.05, 3.63) is 234 Å². The van der Waals surface area contributed by atoms with Crippen molar-refractivity contribution in [3.8, 4) is 67.5 Å². The van der Waals surface area contributed by atoms with Gasteiger partial charge >= 0.3 is 17.9 Å². The second kappa shape index (κ2) is 33.5. The number of unbranched alkanes of at least 4 members (excludes halogenated alkanes) is 7. The molecule has 0 fully saturated rings. The van der Waals surface area contributed by atoms with Crippen LogP contribution in [0.1, 0.15) is 112 Å². The maximum Gasteiger partial charge on any atom is 0.343 e. The molecule has 2 aliphatic rings. The molecule has 7 aromatic carbocycles. The van der Waals surface area contributed by atoms with Crippen molar-refractivity contribution >= 4 is 81.3 Å². The van der Waals surface area contributed by atoms with Crippen LogP contribution in [0.15, 0.2) is 194 Å². The Hall–Kier alpha value is -8.58. The highest BCUT2D eigenvalue weighted by molar-refractivity contribution is 6.02. The van der Waals surface area contributed by atoms with Gasteiger partial charge in [0.05, 0.1) is 110 Å². The Morgan fingerprint density at radius 1 is 0.317 bits per heavy atom. The van der Waals surface area contributed by atoms with Crippen molar-refractivity contribution in [2.24, 2.45) is 0 Å². The molecule has 8 bridgehead atoms. The van der Waals surface area contributed by atoms with Gasteiger partial charge in [-0.2, -0.15) is 0 Å². The fourth-order valence-electron chi connectivity index (χ4n) is 12.3. The fourth-order valence-corrected chi connectivity index (χ4v) is 12.3. The van der Waals surface area contributed by atoms with Crippen molar-refractivity contribution < 1.29 is 105 Å². The molecule has 12 rings (SSSR count). The molecule has 10 aromatic rings. The average molecular weight is 1690 g/mol. The van der Waals surface area contributed by atoms with Gasteiger partial charge in [0, 0.05) is 80.7 Å². The zero-order valence-electron chi connectivity index (χ0n) is 58.9. The lowest BCUT2D eigenvalue weighted by atomic mass is 10.0. The first-order chi connectivity index (χ1) is 47.1. The van der Waals surface area contributed by atoms with Crippen LogP contribution in [-0.4, -0.2) is 108 Å². The maximum atomic E-state index is 13.8. The molecule has 520 valence electrons. The van der Waals surface area contributed by atoms with E-state index in [1.807, 2.05) is 158 Å². The SMILES string of the molecule is CCCCCCCCCCOc1ccc(-c2c3nc(c(-c4ccc(C(=O)Oc5ccc([N+](C)(C)C)cc5)cc4)c4ccc([nH]4)c(-c4ccc(C(=O)Oc5ccc([N+](C)(C)C)cc5)cc4)c4nc(c(-c5ccc(C(=O)Oc6ccc([N+](C)(C)C)cc6)cc5)c5ccc2[nH]5)C=C4)C=C3)cc1.[I-].[I-].[I-]. The summed E-state index contributed by atoms with van der Waals surface area (Å²) in [7, 11) is 18.8. The smallest absolute Gasteiger partial charge is 0.343 e. The molecule has 0 amide bonds. The van der Waals surface area contributed by atoms with Gasteiger partial charge in [-0.05, 0) is 162 Å². The summed E-state index contributed by atoms with van der Waals surface area (Å²) in [5.41, 5.74) is 16.6. The minimum absolute atomic E-state index is 0. The Bertz CT molecular complexity index is 4680. The number of carbonyl (C=O) groups excluding carboxylic acids is 3. The van der Waals surface area contributed by atoms with E-state index < -0.39 is 17.9 Å². The van der Waals surface area contributed by atoms with Crippen LogP contribution in [0, 0.1) is 0 Å². The van der Waals surface area contributed by atoms with Crippen molar-refractivity contribution in [2.75, 3.05) is 70.0 Å². The van der Waals surface area contributed by atoms with Crippen LogP contribution in [0.5, 0.6) is 23.0 Å². The summed E-state index contributed by atoms with van der Waals surface area (Å²) in [4.78, 5) is 60.2. The minimum atomic E-state index is -0.489. The van der Waals surface area contributed by atoms with E-state index in [0.29, 0.717) is 76.8 Å². The quantitative estimate of drug-likeness (QED) is 0.0210. The summed E-state index contributed by atoms with van der Waals surface area (Å²) in [6, 6.07) is 61.4. The minimum Gasteiger partial charge on any atom is -1.00 e. The summed E-state index contributed by atoms with van der Waals surface area (Å²) in [5, 5.41) is 0. The van der Waals surface area contributed by atoms with Crippen molar-refractivity contribution in [1.29, 1.82) is 0 Å². The molecule has 0 unspecified atom stereocenters. The number of quaternary nitrogens is 3. The first kappa shape index (κ1) is 76.6. The zero-order chi connectivity index (χ0) is 68.7. The van der Waals surface area contributed by atoms with E-state index in [1.54, 1.807) is 36.4 Å². The molecule has 0 atom stereocenters. The number of hydrogen-bond acceptors (Lipinski definition) is 9. The lowest BCUT2D eigenvalue weighted by Gasteiger charge is -2.23. The van der Waals surface area contributed by atoms with E-state index in [4.69, 9.17) is 28.9 Å². The number of fused-ring (bicyclic) bond motifs is 8. The van der Waals surface area contributed by atoms with Gasteiger partial charge in [-0.15, -0.1) is 0 Å². The summed E-state index contributed by atoms with van der Waals surface area (Å²) in [6.07, 6.45) is 17.9. The van der Waals surface area contributed by atoms with E-state index >= 15 is 0 Å². The van der Waals surface area contributed by atoms with E-state index in [-0.39, 0.29) is 71.9 Å². The number of aromatic amines is 2. The van der Waals surface area contributed by atoms with Gasteiger partial charge in [-0.25, -0.2) is 24.4 Å². The molecule has 2 N–H and O–H groups in total. The molecule has 2 aliphatic heterocycles. The van der Waals surface area contributed by atoms with E-state index in [1.165, 1.54) is 38.5 Å². The van der Waals surface area contributed by atoms with Crippen molar-refractivity contribution in [3.63, 3.8) is 0 Å². The van der Waals surface area contributed by atoms with Gasteiger partial charge in [0.25, 0.3) is 0 Å². The summed E-state index contributed by atoms with van der Waals surface area (Å²) < 4.78 is 26.0. The Morgan fingerprint density at radius 2 is 0.564 bits per heavy atom. The first-order valence-corrected chi connectivity index (χ1v) is 33.8. The molecule has 17 heteroatoms. The highest BCUT2D eigenvalue weighted by Crippen LogP contribution is 2.40. The normalized spacial score (nSPS) is 11.8. The van der Waals surface area contributed by atoms with Gasteiger partial charge < -0.3 is 101 Å². The molecule has 0 aliphatic carbocycles. The number of nitrogens with one attached hydrogen (secondary N) is 2. The predicted octanol–water partition coefficient (Wildman–Crippen LogP) is 10.1. The molecule has 0 saturated heterocycles. The molecule has 0 saturated carbocycles. The number of esters is 3. The third-order valence-corrected chi connectivity index (χ3v) is 17.9. The topological polar surface area (TPSA) is 145 Å². The largest absolute Gasteiger partial charge is 1.00 e. The van der Waals surface area contributed by atoms with Gasteiger partial charge in [0.1, 0.15) is 40.1 Å². The highest BCUT2D eigenvalue weighted by Gasteiger charge is 2.23. The third kappa shape index (κ3) is 18.6. The number of rotatable bonds is 23. The second-order valence-electron chi connectivity index (χ2n) is 27.8. The number of hydrogen-bond donors (Lipinski definition) is 2. The summed E-state index contributed by atoms with van der Waals surface area (Å²) >= 11 is 0. The standard InChI is InChI=1S/C84H85N7O7.3HI/c1-11-12-13-14-15-16-17-18-55-95-66-39-31-59(32-40-66)81-76-53-51-74(87-76)79(57-21-27-61(28-22-57)83(93)97-68-43-35-64(36-44-68)90(5,6)7)72-49-47-70(85-72)78(56-19-25-60(26-20-56)82(92)96-67-41-33-63(34-42-67)89(2,3)4)71-48-50-73(86-71)80(75-52-54-77(81)88-75)58-23-29-62(30-24-58)84(94)98-69-45-37-65(38-46-69)91(8,9)10;;;/h19-54H,11-18,55H2,1-10H3,(H-,85,86,87,88,92,93,94);3*1H/q+2;;;/p-2. The van der Waals surface area contributed by atoms with Crippen molar-refractivity contribution in [2.45, 2.75) is 58.3 Å². The van der Waals surface area contributed by atoms with Gasteiger partial charge in [0.2, 0.25) is 0 Å². The molecule has 3 aromatic heterocycles. The molecule has 0 spiro atoms. The Balaban J connectivity index is 0.00000396. The number of ether oxygens (including phenoxy) is 4. The molecule has 5 heterocycles. The Kier molecular flexibility index (Phi) is 25.4. The molecule has 101 heavy (non-hydrogen) atoms. The number of benzene rings is 7. The number of carbonyl (C=O) groups is 3.